The van der Waals surface area contributed by atoms with E-state index in [1.807, 2.05) is 35.1 Å². The fourth-order valence-electron chi connectivity index (χ4n) is 2.38. The number of hydrogen-bond acceptors (Lipinski definition) is 4. The van der Waals surface area contributed by atoms with Crippen LogP contribution in [-0.4, -0.2) is 105 Å². The molecule has 0 aliphatic carbocycles. The molecule has 2 N–H and O–H groups in total. The van der Waals surface area contributed by atoms with Crippen LogP contribution >= 0.6 is 0 Å². The number of carbonyl (C=O) groups excluding carboxylic acids is 1. The third-order valence-electron chi connectivity index (χ3n) is 3.74. The first-order chi connectivity index (χ1) is 11.9. The first-order valence-corrected chi connectivity index (χ1v) is 10.3. The maximum atomic E-state index is 12.0. The summed E-state index contributed by atoms with van der Waals surface area (Å²) in [5, 5.41) is 9.80. The molecule has 9 nitrogen and oxygen atoms in total. The van der Waals surface area contributed by atoms with Crippen molar-refractivity contribution in [1.82, 2.24) is 5.01 Å². The van der Waals surface area contributed by atoms with Gasteiger partial charge in [0.2, 0.25) is 0 Å². The standard InChI is InChI=1S/C12H24N2O4S.C5H11NO2/c1-6-8-14(5,9-7-10-19(16,17)18)13(4)12(15)11(2)3;1-6(2,3)4-5(7)8/h2,6-10H2,1,3-5H3;4H2,1-3H3/p+2. The second-order valence-corrected chi connectivity index (χ2v) is 9.45. The smallest absolute Gasteiger partial charge is 0.359 e. The Morgan fingerprint density at radius 2 is 1.59 bits per heavy atom. The zero-order valence-electron chi connectivity index (χ0n) is 17.7. The minimum atomic E-state index is -3.95. The van der Waals surface area contributed by atoms with Crippen molar-refractivity contribution in [2.24, 2.45) is 0 Å². The van der Waals surface area contributed by atoms with E-state index in [0.717, 1.165) is 6.42 Å². The van der Waals surface area contributed by atoms with Gasteiger partial charge in [-0.3, -0.25) is 9.35 Å². The topological polar surface area (TPSA) is 112 Å². The van der Waals surface area contributed by atoms with Crippen molar-refractivity contribution in [1.29, 1.82) is 0 Å². The molecule has 0 fully saturated rings. The Balaban J connectivity index is 0. The third-order valence-corrected chi connectivity index (χ3v) is 4.54. The molecule has 160 valence electrons. The SMILES string of the molecule is C=C(C)C(=O)N(C)[N+](C)(CCC)CCCS(=O)(=O)O.C[N+](C)(C)CC(=O)O. The molecule has 0 aromatic rings. The predicted molar refractivity (Wildman–Crippen MR) is 105 cm³/mol. The lowest BCUT2D eigenvalue weighted by atomic mass is 10.3. The van der Waals surface area contributed by atoms with Crippen molar-refractivity contribution in [3.63, 3.8) is 0 Å². The summed E-state index contributed by atoms with van der Waals surface area (Å²) in [4.78, 5) is 22.0. The Morgan fingerprint density at radius 3 is 1.85 bits per heavy atom. The predicted octanol–water partition coefficient (Wildman–Crippen LogP) is 0.848. The van der Waals surface area contributed by atoms with Gasteiger partial charge >= 0.3 is 5.97 Å². The summed E-state index contributed by atoms with van der Waals surface area (Å²) in [6.07, 6.45) is 1.15. The molecule has 0 aromatic carbocycles. The average Bonchev–Trinajstić information content (AvgIpc) is 2.42. The second kappa shape index (κ2) is 11.4. The Bertz CT molecular complexity index is 613. The molecule has 27 heavy (non-hydrogen) atoms. The highest BCUT2D eigenvalue weighted by Crippen LogP contribution is 2.13. The van der Waals surface area contributed by atoms with E-state index in [2.05, 4.69) is 6.58 Å². The van der Waals surface area contributed by atoms with E-state index in [4.69, 9.17) is 9.66 Å². The van der Waals surface area contributed by atoms with Crippen molar-refractivity contribution in [3.8, 4) is 0 Å². The van der Waals surface area contributed by atoms with Crippen LogP contribution in [0.5, 0.6) is 0 Å². The van der Waals surface area contributed by atoms with Crippen LogP contribution in [-0.2, 0) is 19.7 Å². The normalized spacial score (nSPS) is 13.8. The maximum Gasteiger partial charge on any atom is 0.359 e. The minimum absolute atomic E-state index is 0.164. The summed E-state index contributed by atoms with van der Waals surface area (Å²) in [7, 11) is 5.12. The summed E-state index contributed by atoms with van der Waals surface area (Å²) in [5.41, 5.74) is 0.442. The molecule has 0 aliphatic heterocycles. The van der Waals surface area contributed by atoms with Crippen molar-refractivity contribution >= 4 is 22.0 Å². The summed E-state index contributed by atoms with van der Waals surface area (Å²) < 4.78 is 31.0. The number of aliphatic carboxylic acids is 1. The number of carbonyl (C=O) groups is 2. The lowest BCUT2D eigenvalue weighted by Crippen LogP contribution is -2.59. The quantitative estimate of drug-likeness (QED) is 0.239. The molecule has 0 saturated carbocycles. The van der Waals surface area contributed by atoms with Crippen molar-refractivity contribution in [2.45, 2.75) is 26.7 Å². The molecular weight excluding hydrogens is 374 g/mol. The van der Waals surface area contributed by atoms with Gasteiger partial charge in [-0.1, -0.05) is 13.5 Å². The maximum absolute atomic E-state index is 12.0. The summed E-state index contributed by atoms with van der Waals surface area (Å²) in [6, 6.07) is 0. The highest BCUT2D eigenvalue weighted by atomic mass is 32.2. The van der Waals surface area contributed by atoms with Crippen LogP contribution in [0.4, 0.5) is 0 Å². The largest absolute Gasteiger partial charge is 0.477 e. The first-order valence-electron chi connectivity index (χ1n) is 8.71. The molecule has 0 radical (unpaired) electrons. The summed E-state index contributed by atoms with van der Waals surface area (Å²) in [5.74, 6) is -1.21. The zero-order valence-corrected chi connectivity index (χ0v) is 18.5. The van der Waals surface area contributed by atoms with Gasteiger partial charge in [0.15, 0.2) is 6.54 Å². The molecule has 0 spiro atoms. The van der Waals surface area contributed by atoms with E-state index in [1.54, 1.807) is 19.0 Å². The number of nitrogens with zero attached hydrogens (tertiary/aromatic N) is 3. The van der Waals surface area contributed by atoms with E-state index < -0.39 is 16.1 Å². The van der Waals surface area contributed by atoms with Gasteiger partial charge in [-0.15, -0.1) is 0 Å². The number of hydrogen-bond donors (Lipinski definition) is 2. The Morgan fingerprint density at radius 1 is 1.11 bits per heavy atom. The Labute approximate surface area is 163 Å². The molecule has 0 bridgehead atoms. The van der Waals surface area contributed by atoms with Crippen LogP contribution in [0.3, 0.4) is 0 Å². The molecule has 10 heteroatoms. The Hall–Kier alpha value is -1.49. The van der Waals surface area contributed by atoms with Crippen molar-refractivity contribution in [2.75, 3.05) is 60.6 Å². The number of carboxylic acid groups (broad SMARTS) is 1. The number of likely N-dealkylation sites (N-methyl/N-ethyl adjacent to an activating group) is 2. The van der Waals surface area contributed by atoms with Gasteiger partial charge in [0.25, 0.3) is 16.0 Å². The number of amides is 1. The first kappa shape index (κ1) is 27.7. The molecule has 0 aromatic heterocycles. The van der Waals surface area contributed by atoms with Gasteiger partial charge in [-0.2, -0.15) is 13.4 Å². The number of carboxylic acids is 1. The van der Waals surface area contributed by atoms with Crippen molar-refractivity contribution < 1.29 is 36.7 Å². The van der Waals surface area contributed by atoms with E-state index in [-0.39, 0.29) is 18.2 Å². The van der Waals surface area contributed by atoms with Gasteiger partial charge in [0.05, 0.1) is 41.0 Å². The molecular formula is C17H37N3O6S+2. The van der Waals surface area contributed by atoms with E-state index in [9.17, 15) is 18.0 Å². The van der Waals surface area contributed by atoms with E-state index in [0.29, 0.717) is 34.2 Å². The van der Waals surface area contributed by atoms with Gasteiger partial charge < -0.3 is 9.59 Å². The van der Waals surface area contributed by atoms with Crippen LogP contribution in [0.25, 0.3) is 0 Å². The highest BCUT2D eigenvalue weighted by molar-refractivity contribution is 7.85. The number of rotatable bonds is 10. The van der Waals surface area contributed by atoms with Crippen LogP contribution < -0.4 is 0 Å². The number of quaternary nitrogens is 2. The molecule has 1 atom stereocenters. The minimum Gasteiger partial charge on any atom is -0.477 e. The Kier molecular flexibility index (Phi) is 11.7. The molecule has 0 heterocycles. The fraction of sp³-hybridized carbons (Fsp3) is 0.765. The van der Waals surface area contributed by atoms with Gasteiger partial charge in [0.1, 0.15) is 13.1 Å². The fourth-order valence-corrected chi connectivity index (χ4v) is 2.88. The van der Waals surface area contributed by atoms with Crippen molar-refractivity contribution in [3.05, 3.63) is 12.2 Å². The highest BCUT2D eigenvalue weighted by Gasteiger charge is 2.31. The van der Waals surface area contributed by atoms with E-state index >= 15 is 0 Å². The molecule has 0 saturated heterocycles. The lowest BCUT2D eigenvalue weighted by molar-refractivity contribution is -1.00. The van der Waals surface area contributed by atoms with Crippen LogP contribution in [0.1, 0.15) is 26.7 Å². The molecule has 0 rings (SSSR count). The summed E-state index contributed by atoms with van der Waals surface area (Å²) in [6.45, 7) is 8.63. The molecule has 0 aliphatic rings. The van der Waals surface area contributed by atoms with Crippen LogP contribution in [0, 0.1) is 0 Å². The van der Waals surface area contributed by atoms with Crippen LogP contribution in [0.2, 0.25) is 0 Å². The van der Waals surface area contributed by atoms with Gasteiger partial charge in [-0.05, 0) is 13.3 Å². The molecule has 1 unspecified atom stereocenters. The monoisotopic (exact) mass is 411 g/mol. The van der Waals surface area contributed by atoms with E-state index in [1.165, 1.54) is 0 Å². The molecule has 1 amide bonds. The summed E-state index contributed by atoms with van der Waals surface area (Å²) >= 11 is 0. The third kappa shape index (κ3) is 14.3. The average molecular weight is 412 g/mol. The zero-order chi connectivity index (χ0) is 22.1. The van der Waals surface area contributed by atoms with Crippen LogP contribution in [0.15, 0.2) is 12.2 Å². The van der Waals surface area contributed by atoms with Gasteiger partial charge in [0, 0.05) is 12.0 Å². The lowest BCUT2D eigenvalue weighted by Gasteiger charge is -2.40. The second-order valence-electron chi connectivity index (χ2n) is 7.88. The van der Waals surface area contributed by atoms with Gasteiger partial charge in [-0.25, -0.2) is 9.39 Å².